The SMILES string of the molecule is CCCCCCCCN(Cc1ccco1)C(=O)c1ccc2c(c1)OCCCO2. The first kappa shape index (κ1) is 20.3. The van der Waals surface area contributed by atoms with Crippen molar-refractivity contribution in [1.82, 2.24) is 4.90 Å². The van der Waals surface area contributed by atoms with Crippen LogP contribution in [0.2, 0.25) is 0 Å². The Morgan fingerprint density at radius 2 is 1.79 bits per heavy atom. The third-order valence-corrected chi connectivity index (χ3v) is 4.99. The smallest absolute Gasteiger partial charge is 0.254 e. The van der Waals surface area contributed by atoms with Gasteiger partial charge in [-0.05, 0) is 36.8 Å². The van der Waals surface area contributed by atoms with Gasteiger partial charge in [-0.2, -0.15) is 0 Å². The first-order valence-corrected chi connectivity index (χ1v) is 10.5. The number of hydrogen-bond donors (Lipinski definition) is 0. The molecule has 5 nitrogen and oxygen atoms in total. The van der Waals surface area contributed by atoms with E-state index >= 15 is 0 Å². The molecular weight excluding hydrogens is 354 g/mol. The highest BCUT2D eigenvalue weighted by atomic mass is 16.5. The number of nitrogens with zero attached hydrogens (tertiary/aromatic N) is 1. The van der Waals surface area contributed by atoms with E-state index in [1.54, 1.807) is 12.3 Å². The van der Waals surface area contributed by atoms with Gasteiger partial charge in [0, 0.05) is 18.5 Å². The summed E-state index contributed by atoms with van der Waals surface area (Å²) in [5.74, 6) is 2.16. The van der Waals surface area contributed by atoms with Crippen LogP contribution >= 0.6 is 0 Å². The largest absolute Gasteiger partial charge is 0.490 e. The molecule has 2 aromatic rings. The Hall–Kier alpha value is -2.43. The lowest BCUT2D eigenvalue weighted by atomic mass is 10.1. The molecule has 0 N–H and O–H groups in total. The van der Waals surface area contributed by atoms with Gasteiger partial charge in [-0.15, -0.1) is 0 Å². The van der Waals surface area contributed by atoms with Gasteiger partial charge in [0.1, 0.15) is 5.76 Å². The number of rotatable bonds is 10. The summed E-state index contributed by atoms with van der Waals surface area (Å²) in [6.45, 7) is 4.68. The number of benzene rings is 1. The molecule has 0 spiro atoms. The Bertz CT molecular complexity index is 726. The summed E-state index contributed by atoms with van der Waals surface area (Å²) in [4.78, 5) is 15.1. The minimum atomic E-state index is 0.000560. The highest BCUT2D eigenvalue weighted by Gasteiger charge is 2.20. The molecule has 0 radical (unpaired) electrons. The van der Waals surface area contributed by atoms with E-state index < -0.39 is 0 Å². The molecule has 3 rings (SSSR count). The van der Waals surface area contributed by atoms with Crippen LogP contribution in [0, 0.1) is 0 Å². The average Bonchev–Trinajstić information content (AvgIpc) is 3.11. The molecule has 0 atom stereocenters. The Labute approximate surface area is 167 Å². The maximum atomic E-state index is 13.2. The zero-order valence-corrected chi connectivity index (χ0v) is 16.8. The summed E-state index contributed by atoms with van der Waals surface area (Å²) in [5.41, 5.74) is 0.627. The van der Waals surface area contributed by atoms with Crippen molar-refractivity contribution >= 4 is 5.91 Å². The molecule has 0 fully saturated rings. The maximum absolute atomic E-state index is 13.2. The Kier molecular flexibility index (Phi) is 7.82. The van der Waals surface area contributed by atoms with Crippen molar-refractivity contribution in [2.75, 3.05) is 19.8 Å². The summed E-state index contributed by atoms with van der Waals surface area (Å²) in [5, 5.41) is 0. The van der Waals surface area contributed by atoms with Crippen LogP contribution in [0.25, 0.3) is 0 Å². The molecule has 28 heavy (non-hydrogen) atoms. The number of furan rings is 1. The highest BCUT2D eigenvalue weighted by Crippen LogP contribution is 2.31. The van der Waals surface area contributed by atoms with Gasteiger partial charge in [0.05, 0.1) is 26.0 Å². The maximum Gasteiger partial charge on any atom is 0.254 e. The van der Waals surface area contributed by atoms with Gasteiger partial charge in [-0.25, -0.2) is 0 Å². The van der Waals surface area contributed by atoms with Crippen LogP contribution in [0.4, 0.5) is 0 Å². The minimum absolute atomic E-state index is 0.000560. The molecule has 1 aromatic heterocycles. The fourth-order valence-electron chi connectivity index (χ4n) is 3.40. The van der Waals surface area contributed by atoms with Crippen LogP contribution in [0.15, 0.2) is 41.0 Å². The number of ether oxygens (including phenoxy) is 2. The van der Waals surface area contributed by atoms with Crippen molar-refractivity contribution in [2.24, 2.45) is 0 Å². The van der Waals surface area contributed by atoms with E-state index in [1.165, 1.54) is 25.7 Å². The second-order valence-corrected chi connectivity index (χ2v) is 7.29. The topological polar surface area (TPSA) is 51.9 Å². The normalized spacial score (nSPS) is 13.2. The minimum Gasteiger partial charge on any atom is -0.490 e. The Morgan fingerprint density at radius 3 is 2.57 bits per heavy atom. The average molecular weight is 386 g/mol. The molecule has 1 amide bonds. The van der Waals surface area contributed by atoms with Crippen LogP contribution in [-0.2, 0) is 6.54 Å². The number of carbonyl (C=O) groups is 1. The first-order valence-electron chi connectivity index (χ1n) is 10.5. The molecule has 2 heterocycles. The predicted octanol–water partition coefficient (Wildman–Crippen LogP) is 5.44. The summed E-state index contributed by atoms with van der Waals surface area (Å²) >= 11 is 0. The lowest BCUT2D eigenvalue weighted by Crippen LogP contribution is -2.31. The van der Waals surface area contributed by atoms with Gasteiger partial charge >= 0.3 is 0 Å². The molecule has 1 aromatic carbocycles. The Morgan fingerprint density at radius 1 is 1.00 bits per heavy atom. The van der Waals surface area contributed by atoms with E-state index in [-0.39, 0.29) is 5.91 Å². The fraction of sp³-hybridized carbons (Fsp3) is 0.522. The van der Waals surface area contributed by atoms with E-state index in [0.29, 0.717) is 36.8 Å². The number of carbonyl (C=O) groups excluding carboxylic acids is 1. The standard InChI is InChI=1S/C23H31NO4/c1-2-3-4-5-6-7-13-24(18-20-10-8-14-26-20)23(25)19-11-12-21-22(17-19)28-16-9-15-27-21/h8,10-12,14,17H,2-7,9,13,15-16,18H2,1H3. The lowest BCUT2D eigenvalue weighted by molar-refractivity contribution is 0.0727. The molecule has 152 valence electrons. The third-order valence-electron chi connectivity index (χ3n) is 4.99. The molecule has 1 aliphatic heterocycles. The van der Waals surface area contributed by atoms with E-state index in [1.807, 2.05) is 29.2 Å². The van der Waals surface area contributed by atoms with Gasteiger partial charge in [-0.3, -0.25) is 4.79 Å². The van der Waals surface area contributed by atoms with Crippen LogP contribution in [0.3, 0.4) is 0 Å². The quantitative estimate of drug-likeness (QED) is 0.511. The van der Waals surface area contributed by atoms with Gasteiger partial charge < -0.3 is 18.8 Å². The van der Waals surface area contributed by atoms with Crippen LogP contribution in [0.1, 0.15) is 68.0 Å². The molecule has 0 aliphatic carbocycles. The van der Waals surface area contributed by atoms with Crippen LogP contribution in [0.5, 0.6) is 11.5 Å². The molecule has 0 unspecified atom stereocenters. The van der Waals surface area contributed by atoms with Crippen molar-refractivity contribution in [2.45, 2.75) is 58.4 Å². The summed E-state index contributed by atoms with van der Waals surface area (Å²) < 4.78 is 16.9. The second kappa shape index (κ2) is 10.8. The number of fused-ring (bicyclic) bond motifs is 1. The summed E-state index contributed by atoms with van der Waals surface area (Å²) in [6, 6.07) is 9.24. The van der Waals surface area contributed by atoms with Crippen LogP contribution < -0.4 is 9.47 Å². The second-order valence-electron chi connectivity index (χ2n) is 7.29. The molecule has 0 saturated carbocycles. The van der Waals surface area contributed by atoms with Crippen molar-refractivity contribution < 1.29 is 18.7 Å². The van der Waals surface area contributed by atoms with Gasteiger partial charge in [0.2, 0.25) is 0 Å². The lowest BCUT2D eigenvalue weighted by Gasteiger charge is -2.22. The van der Waals surface area contributed by atoms with Gasteiger partial charge in [0.25, 0.3) is 5.91 Å². The zero-order chi connectivity index (χ0) is 19.6. The van der Waals surface area contributed by atoms with E-state index in [0.717, 1.165) is 31.6 Å². The van der Waals surface area contributed by atoms with Crippen molar-refractivity contribution in [3.8, 4) is 11.5 Å². The molecule has 5 heteroatoms. The monoisotopic (exact) mass is 385 g/mol. The predicted molar refractivity (Wildman–Crippen MR) is 109 cm³/mol. The van der Waals surface area contributed by atoms with E-state index in [9.17, 15) is 4.79 Å². The van der Waals surface area contributed by atoms with Gasteiger partial charge in [0.15, 0.2) is 11.5 Å². The Balaban J connectivity index is 1.66. The molecular formula is C23H31NO4. The number of hydrogen-bond acceptors (Lipinski definition) is 4. The number of amides is 1. The summed E-state index contributed by atoms with van der Waals surface area (Å²) in [7, 11) is 0. The third kappa shape index (κ3) is 5.78. The van der Waals surface area contributed by atoms with Crippen molar-refractivity contribution in [3.05, 3.63) is 47.9 Å². The number of unbranched alkanes of at least 4 members (excludes halogenated alkanes) is 5. The molecule has 1 aliphatic rings. The van der Waals surface area contributed by atoms with Crippen molar-refractivity contribution in [3.63, 3.8) is 0 Å². The van der Waals surface area contributed by atoms with E-state index in [4.69, 9.17) is 13.9 Å². The van der Waals surface area contributed by atoms with E-state index in [2.05, 4.69) is 6.92 Å². The zero-order valence-electron chi connectivity index (χ0n) is 16.8. The first-order chi connectivity index (χ1) is 13.8. The van der Waals surface area contributed by atoms with Crippen LogP contribution in [-0.4, -0.2) is 30.6 Å². The fourth-order valence-corrected chi connectivity index (χ4v) is 3.40. The van der Waals surface area contributed by atoms with Gasteiger partial charge in [-0.1, -0.05) is 39.0 Å². The highest BCUT2D eigenvalue weighted by molar-refractivity contribution is 5.94. The van der Waals surface area contributed by atoms with Crippen molar-refractivity contribution in [1.29, 1.82) is 0 Å². The molecule has 0 saturated heterocycles. The summed E-state index contributed by atoms with van der Waals surface area (Å²) in [6.07, 6.45) is 9.66. The molecule has 0 bridgehead atoms.